The number of fused-ring (bicyclic) bond motifs is 1. The molecule has 0 spiro atoms. The summed E-state index contributed by atoms with van der Waals surface area (Å²) in [5, 5.41) is 0.870. The highest BCUT2D eigenvalue weighted by Crippen LogP contribution is 2.17. The van der Waals surface area contributed by atoms with Gasteiger partial charge in [-0.05, 0) is 6.07 Å². The lowest BCUT2D eigenvalue weighted by atomic mass is 10.3. The Morgan fingerprint density at radius 3 is 2.88 bits per heavy atom. The molecular weight excluding hydrogens is 220 g/mol. The van der Waals surface area contributed by atoms with Crippen molar-refractivity contribution in [1.29, 1.82) is 0 Å². The average Bonchev–Trinajstić information content (AvgIpc) is 2.77. The van der Waals surface area contributed by atoms with Gasteiger partial charge in [-0.1, -0.05) is 0 Å². The lowest BCUT2D eigenvalue weighted by Crippen LogP contribution is -2.27. The van der Waals surface area contributed by atoms with E-state index in [1.165, 1.54) is 16.8 Å². The maximum atomic E-state index is 11.7. The van der Waals surface area contributed by atoms with Crippen LogP contribution in [0.2, 0.25) is 0 Å². The normalized spacial score (nSPS) is 10.8. The zero-order chi connectivity index (χ0) is 11.8. The third-order valence-electron chi connectivity index (χ3n) is 2.54. The van der Waals surface area contributed by atoms with E-state index in [2.05, 4.69) is 15.0 Å². The van der Waals surface area contributed by atoms with Crippen molar-refractivity contribution in [1.82, 2.24) is 19.5 Å². The van der Waals surface area contributed by atoms with Gasteiger partial charge >= 0.3 is 5.69 Å². The smallest absolute Gasteiger partial charge is 0.332 e. The molecule has 0 aliphatic heterocycles. The van der Waals surface area contributed by atoms with E-state index in [-0.39, 0.29) is 0 Å². The fourth-order valence-electron chi connectivity index (χ4n) is 1.76. The fraction of sp³-hybridized carbons (Fsp3) is 0. The van der Waals surface area contributed by atoms with Crippen LogP contribution in [0.15, 0.2) is 46.5 Å². The van der Waals surface area contributed by atoms with E-state index < -0.39 is 11.2 Å². The molecule has 3 aromatic rings. The molecule has 0 saturated carbocycles. The van der Waals surface area contributed by atoms with Gasteiger partial charge < -0.3 is 4.98 Å². The Labute approximate surface area is 94.6 Å². The molecule has 3 heterocycles. The maximum absolute atomic E-state index is 11.7. The van der Waals surface area contributed by atoms with Gasteiger partial charge in [0, 0.05) is 23.8 Å². The number of hydrogen-bond acceptors (Lipinski definition) is 3. The van der Waals surface area contributed by atoms with E-state index >= 15 is 0 Å². The van der Waals surface area contributed by atoms with Crippen molar-refractivity contribution in [3.63, 3.8) is 0 Å². The molecule has 0 atom stereocenters. The molecule has 0 radical (unpaired) electrons. The molecule has 0 bridgehead atoms. The van der Waals surface area contributed by atoms with Crippen LogP contribution in [0.1, 0.15) is 0 Å². The van der Waals surface area contributed by atoms with Crippen LogP contribution in [-0.4, -0.2) is 19.5 Å². The van der Waals surface area contributed by atoms with Gasteiger partial charge in [0.25, 0.3) is 5.56 Å². The molecule has 0 aliphatic carbocycles. The van der Waals surface area contributed by atoms with E-state index in [1.54, 1.807) is 18.6 Å². The second-order valence-corrected chi connectivity index (χ2v) is 3.58. The fourth-order valence-corrected chi connectivity index (χ4v) is 1.76. The predicted molar refractivity (Wildman–Crippen MR) is 62.3 cm³/mol. The lowest BCUT2D eigenvalue weighted by Gasteiger charge is -2.04. The quantitative estimate of drug-likeness (QED) is 0.632. The summed E-state index contributed by atoms with van der Waals surface area (Å²) in [6.45, 7) is 0. The van der Waals surface area contributed by atoms with Crippen molar-refractivity contribution in [3.8, 4) is 5.69 Å². The van der Waals surface area contributed by atoms with Crippen molar-refractivity contribution in [2.24, 2.45) is 0 Å². The summed E-state index contributed by atoms with van der Waals surface area (Å²) in [5.41, 5.74) is 0.569. The van der Waals surface area contributed by atoms with Gasteiger partial charge in [0.2, 0.25) is 0 Å². The van der Waals surface area contributed by atoms with E-state index in [4.69, 9.17) is 0 Å². The zero-order valence-corrected chi connectivity index (χ0v) is 8.68. The highest BCUT2D eigenvalue weighted by Gasteiger charge is 2.06. The van der Waals surface area contributed by atoms with Crippen LogP contribution in [0.4, 0.5) is 0 Å². The molecule has 0 unspecified atom stereocenters. The molecule has 17 heavy (non-hydrogen) atoms. The molecule has 0 aliphatic rings. The lowest BCUT2D eigenvalue weighted by molar-refractivity contribution is 0.897. The predicted octanol–water partition coefficient (Wildman–Crippen LogP) is 0.402. The van der Waals surface area contributed by atoms with Crippen molar-refractivity contribution in [3.05, 3.63) is 57.8 Å². The Balaban J connectivity index is 2.38. The Morgan fingerprint density at radius 1 is 1.18 bits per heavy atom. The summed E-state index contributed by atoms with van der Waals surface area (Å²) >= 11 is 0. The highest BCUT2D eigenvalue weighted by atomic mass is 16.2. The zero-order valence-electron chi connectivity index (χ0n) is 8.68. The van der Waals surface area contributed by atoms with Gasteiger partial charge in [-0.15, -0.1) is 0 Å². The second-order valence-electron chi connectivity index (χ2n) is 3.58. The van der Waals surface area contributed by atoms with Gasteiger partial charge in [0.15, 0.2) is 0 Å². The van der Waals surface area contributed by atoms with Crippen LogP contribution in [0.3, 0.4) is 0 Å². The summed E-state index contributed by atoms with van der Waals surface area (Å²) in [4.78, 5) is 31.9. The third-order valence-corrected chi connectivity index (χ3v) is 2.54. The Bertz CT molecular complexity index is 797. The first kappa shape index (κ1) is 9.59. The molecule has 3 aromatic heterocycles. The van der Waals surface area contributed by atoms with Gasteiger partial charge in [0.05, 0.1) is 23.6 Å². The molecule has 0 aromatic carbocycles. The van der Waals surface area contributed by atoms with Crippen molar-refractivity contribution >= 4 is 10.9 Å². The molecule has 6 nitrogen and oxygen atoms in total. The largest absolute Gasteiger partial charge is 0.360 e. The van der Waals surface area contributed by atoms with E-state index in [1.807, 2.05) is 6.07 Å². The first-order valence-electron chi connectivity index (χ1n) is 4.99. The molecule has 6 heteroatoms. The maximum Gasteiger partial charge on any atom is 0.332 e. The van der Waals surface area contributed by atoms with Gasteiger partial charge in [-0.25, -0.2) is 4.79 Å². The number of pyridine rings is 1. The number of hydrogen-bond donors (Lipinski definition) is 2. The Kier molecular flexibility index (Phi) is 1.94. The number of nitrogens with one attached hydrogen (secondary N) is 2. The highest BCUT2D eigenvalue weighted by molar-refractivity contribution is 5.86. The molecule has 3 rings (SSSR count). The average molecular weight is 228 g/mol. The van der Waals surface area contributed by atoms with Crippen molar-refractivity contribution in [2.45, 2.75) is 0 Å². The minimum absolute atomic E-state index is 0.416. The van der Waals surface area contributed by atoms with Crippen molar-refractivity contribution < 1.29 is 0 Å². The summed E-state index contributed by atoms with van der Waals surface area (Å²) < 4.78 is 1.35. The number of rotatable bonds is 1. The summed E-state index contributed by atoms with van der Waals surface area (Å²) in [5.74, 6) is 0. The Morgan fingerprint density at radius 2 is 2.06 bits per heavy atom. The summed E-state index contributed by atoms with van der Waals surface area (Å²) in [7, 11) is 0. The van der Waals surface area contributed by atoms with Gasteiger partial charge in [-0.3, -0.25) is 19.3 Å². The van der Waals surface area contributed by atoms with Gasteiger partial charge in [-0.2, -0.15) is 0 Å². The van der Waals surface area contributed by atoms with E-state index in [0.717, 1.165) is 10.9 Å². The molecule has 0 fully saturated rings. The standard InChI is InChI=1S/C11H8N4O2/c16-10-2-4-15(11(17)14-10)9-6-12-5-8-7(9)1-3-13-8/h1-6,13H,(H,14,16,17). The number of H-pyrrole nitrogens is 2. The summed E-state index contributed by atoms with van der Waals surface area (Å²) in [6.07, 6.45) is 6.46. The van der Waals surface area contributed by atoms with E-state index in [0.29, 0.717) is 5.69 Å². The topological polar surface area (TPSA) is 83.5 Å². The first-order chi connectivity index (χ1) is 8.25. The summed E-state index contributed by atoms with van der Waals surface area (Å²) in [6, 6.07) is 3.15. The van der Waals surface area contributed by atoms with Crippen LogP contribution in [0.5, 0.6) is 0 Å². The van der Waals surface area contributed by atoms with Crippen molar-refractivity contribution in [2.75, 3.05) is 0 Å². The molecule has 2 N–H and O–H groups in total. The first-order valence-corrected chi connectivity index (χ1v) is 4.99. The van der Waals surface area contributed by atoms with E-state index in [9.17, 15) is 9.59 Å². The van der Waals surface area contributed by atoms with Gasteiger partial charge in [0.1, 0.15) is 0 Å². The van der Waals surface area contributed by atoms with Crippen LogP contribution in [0.25, 0.3) is 16.6 Å². The molecule has 0 saturated heterocycles. The number of aromatic amines is 2. The SMILES string of the molecule is O=c1ccn(-c2cncc3[nH]ccc23)c(=O)[nH]1. The van der Waals surface area contributed by atoms with Crippen LogP contribution >= 0.6 is 0 Å². The van der Waals surface area contributed by atoms with Crippen LogP contribution in [-0.2, 0) is 0 Å². The molecule has 0 amide bonds. The number of aromatic nitrogens is 4. The Hall–Kier alpha value is -2.63. The minimum Gasteiger partial charge on any atom is -0.360 e. The van der Waals surface area contributed by atoms with Crippen LogP contribution in [0, 0.1) is 0 Å². The molecule has 84 valence electrons. The van der Waals surface area contributed by atoms with Crippen LogP contribution < -0.4 is 11.2 Å². The number of nitrogens with zero attached hydrogens (tertiary/aromatic N) is 2. The third kappa shape index (κ3) is 1.46. The minimum atomic E-state index is -0.479. The molecular formula is C11H8N4O2. The second kappa shape index (κ2) is 3.44. The monoisotopic (exact) mass is 228 g/mol.